The van der Waals surface area contributed by atoms with Gasteiger partial charge < -0.3 is 20.3 Å². The van der Waals surface area contributed by atoms with Gasteiger partial charge in [0.05, 0.1) is 11.1 Å². The molecule has 4 aliphatic rings. The molecule has 0 bridgehead atoms. The van der Waals surface area contributed by atoms with Crippen LogP contribution in [0, 0.1) is 0 Å². The number of aromatic nitrogens is 2. The summed E-state index contributed by atoms with van der Waals surface area (Å²) >= 11 is 4.89. The summed E-state index contributed by atoms with van der Waals surface area (Å²) in [6.45, 7) is 4.85. The highest BCUT2D eigenvalue weighted by Crippen LogP contribution is 2.34. The Kier molecular flexibility index (Phi) is 10.3. The molecule has 8 rings (SSSR count). The number of carbonyl (C=O) groups is 4. The number of fused-ring (bicyclic) bond motifs is 2. The Morgan fingerprint density at radius 3 is 2.54 bits per heavy atom. The van der Waals surface area contributed by atoms with E-state index >= 15 is 0 Å². The molecule has 2 aromatic heterocycles. The molecule has 0 saturated carbocycles. The van der Waals surface area contributed by atoms with Gasteiger partial charge in [0.25, 0.3) is 17.4 Å². The second-order valence-electron chi connectivity index (χ2n) is 14.5. The summed E-state index contributed by atoms with van der Waals surface area (Å²) in [4.78, 5) is 74.6. The number of ether oxygens (including phenoxy) is 1. The van der Waals surface area contributed by atoms with Crippen molar-refractivity contribution in [2.45, 2.75) is 56.1 Å². The minimum atomic E-state index is -0.991. The molecule has 4 aliphatic heterocycles. The highest BCUT2D eigenvalue weighted by Gasteiger charge is 2.45. The summed E-state index contributed by atoms with van der Waals surface area (Å²) in [5.41, 5.74) is 2.29. The number of halogens is 1. The number of likely N-dealkylation sites (tertiary alicyclic amines) is 2. The van der Waals surface area contributed by atoms with Crippen LogP contribution in [0.1, 0.15) is 64.3 Å². The number of thiazole rings is 1. The fourth-order valence-corrected chi connectivity index (χ4v) is 9.20. The van der Waals surface area contributed by atoms with Crippen LogP contribution in [0.5, 0.6) is 5.75 Å². The Bertz CT molecular complexity index is 2170. The van der Waals surface area contributed by atoms with Crippen molar-refractivity contribution in [1.82, 2.24) is 29.4 Å². The smallest absolute Gasteiger partial charge is 0.275 e. The molecule has 3 atom stereocenters. The predicted octanol–water partition coefficient (Wildman–Crippen LogP) is 3.77. The van der Waals surface area contributed by atoms with Crippen molar-refractivity contribution in [2.24, 2.45) is 0 Å². The summed E-state index contributed by atoms with van der Waals surface area (Å²) < 4.78 is 8.14. The SMILES string of the molecule is CN1C[C@H](Nc2nc3sccn3c(=O)c2Br)C[C@H](c2ccc(OCCN3CCC(Nc4cccc5c4C(=O)N(C4CCC(=O)NC4=O)C5=O)CC3)cc2)C1. The molecule has 3 saturated heterocycles. The second-order valence-corrected chi connectivity index (χ2v) is 16.1. The number of carbonyl (C=O) groups excluding carboxylic acids is 4. The van der Waals surface area contributed by atoms with Crippen LogP contribution in [0.2, 0.25) is 0 Å². The number of benzene rings is 2. The van der Waals surface area contributed by atoms with Crippen molar-refractivity contribution in [1.29, 1.82) is 0 Å². The summed E-state index contributed by atoms with van der Waals surface area (Å²) in [6.07, 6.45) is 4.57. The maximum absolute atomic E-state index is 13.5. The van der Waals surface area contributed by atoms with E-state index < -0.39 is 29.7 Å². The van der Waals surface area contributed by atoms with E-state index in [-0.39, 0.29) is 41.6 Å². The molecule has 54 heavy (non-hydrogen) atoms. The monoisotopic (exact) mass is 816 g/mol. The van der Waals surface area contributed by atoms with Gasteiger partial charge in [0.2, 0.25) is 11.8 Å². The molecular weight excluding hydrogens is 776 g/mol. The van der Waals surface area contributed by atoms with Gasteiger partial charge in [-0.25, -0.2) is 4.98 Å². The molecular formula is C38H41BrN8O6S. The van der Waals surface area contributed by atoms with E-state index in [1.165, 1.54) is 16.9 Å². The van der Waals surface area contributed by atoms with Crippen molar-refractivity contribution in [3.63, 3.8) is 0 Å². The van der Waals surface area contributed by atoms with Gasteiger partial charge in [0, 0.05) is 68.5 Å². The van der Waals surface area contributed by atoms with Crippen molar-refractivity contribution in [3.05, 3.63) is 85.6 Å². The van der Waals surface area contributed by atoms with E-state index in [4.69, 9.17) is 4.74 Å². The van der Waals surface area contributed by atoms with Gasteiger partial charge in [-0.1, -0.05) is 18.2 Å². The van der Waals surface area contributed by atoms with Gasteiger partial charge in [0.15, 0.2) is 4.96 Å². The van der Waals surface area contributed by atoms with E-state index in [1.54, 1.807) is 28.8 Å². The first kappa shape index (κ1) is 36.3. The third-order valence-corrected chi connectivity index (χ3v) is 12.3. The molecule has 3 fully saturated rings. The molecule has 0 aliphatic carbocycles. The van der Waals surface area contributed by atoms with Gasteiger partial charge in [-0.3, -0.25) is 43.5 Å². The standard InChI is InChI=1S/C38H41BrN8O6S/c1-44-20-23(19-25(21-44)41-33-32(39)37(52)46-16-18-54-38(46)43-33)22-5-7-26(8-6-22)53-17-15-45-13-11-24(12-14-45)40-28-4-2-3-27-31(28)36(51)47(35(27)50)29-9-10-30(48)42-34(29)49/h2-8,16,18,23-25,29,40-41H,9-15,17,19-21H2,1H3,(H,42,48,49)/t23-,25+,29?/m0/s1. The number of anilines is 2. The van der Waals surface area contributed by atoms with Crippen LogP contribution < -0.4 is 26.2 Å². The molecule has 0 spiro atoms. The number of imide groups is 2. The number of nitrogens with one attached hydrogen (secondary N) is 3. The van der Waals surface area contributed by atoms with E-state index in [0.29, 0.717) is 33.5 Å². The first-order valence-electron chi connectivity index (χ1n) is 18.3. The molecule has 4 aromatic rings. The Balaban J connectivity index is 0.805. The van der Waals surface area contributed by atoms with E-state index in [0.717, 1.165) is 62.6 Å². The molecule has 3 N–H and O–H groups in total. The second kappa shape index (κ2) is 15.2. The zero-order valence-electron chi connectivity index (χ0n) is 29.8. The molecule has 2 aromatic carbocycles. The van der Waals surface area contributed by atoms with Crippen molar-refractivity contribution >= 4 is 67.4 Å². The van der Waals surface area contributed by atoms with E-state index in [2.05, 4.69) is 65.8 Å². The lowest BCUT2D eigenvalue weighted by Gasteiger charge is -2.36. The lowest BCUT2D eigenvalue weighted by atomic mass is 9.88. The van der Waals surface area contributed by atoms with Crippen LogP contribution in [0.25, 0.3) is 4.96 Å². The van der Waals surface area contributed by atoms with Gasteiger partial charge in [0.1, 0.15) is 28.7 Å². The van der Waals surface area contributed by atoms with Crippen molar-refractivity contribution < 1.29 is 23.9 Å². The summed E-state index contributed by atoms with van der Waals surface area (Å²) in [7, 11) is 2.12. The molecule has 14 nitrogen and oxygen atoms in total. The Labute approximate surface area is 324 Å². The van der Waals surface area contributed by atoms with Gasteiger partial charge in [-0.05, 0) is 84.4 Å². The summed E-state index contributed by atoms with van der Waals surface area (Å²) in [5.74, 6) is -0.294. The first-order chi connectivity index (χ1) is 26.1. The predicted molar refractivity (Wildman–Crippen MR) is 207 cm³/mol. The zero-order chi connectivity index (χ0) is 37.5. The number of piperidine rings is 3. The third-order valence-electron chi connectivity index (χ3n) is 10.8. The highest BCUT2D eigenvalue weighted by molar-refractivity contribution is 9.10. The zero-order valence-corrected chi connectivity index (χ0v) is 32.2. The van der Waals surface area contributed by atoms with Crippen molar-refractivity contribution in [2.75, 3.05) is 57.0 Å². The topological polar surface area (TPSA) is 158 Å². The van der Waals surface area contributed by atoms with Crippen LogP contribution in [-0.4, -0.2) is 112 Å². The maximum Gasteiger partial charge on any atom is 0.275 e. The lowest BCUT2D eigenvalue weighted by Crippen LogP contribution is -2.54. The normalized spacial score (nSPS) is 22.8. The average molecular weight is 818 g/mol. The number of hydrogen-bond acceptors (Lipinski definition) is 12. The highest BCUT2D eigenvalue weighted by atomic mass is 79.9. The quantitative estimate of drug-likeness (QED) is 0.200. The van der Waals surface area contributed by atoms with Crippen LogP contribution in [0.15, 0.2) is 63.3 Å². The number of hydrogen-bond donors (Lipinski definition) is 3. The number of amides is 4. The molecule has 0 radical (unpaired) electrons. The molecule has 282 valence electrons. The first-order valence-corrected chi connectivity index (χ1v) is 20.0. The number of likely N-dealkylation sites (N-methyl/N-ethyl adjacent to an activating group) is 1. The van der Waals surface area contributed by atoms with Crippen LogP contribution >= 0.6 is 27.3 Å². The van der Waals surface area contributed by atoms with Crippen LogP contribution in [0.3, 0.4) is 0 Å². The van der Waals surface area contributed by atoms with E-state index in [1.807, 2.05) is 17.5 Å². The van der Waals surface area contributed by atoms with Crippen LogP contribution in [0.4, 0.5) is 11.5 Å². The Morgan fingerprint density at radius 2 is 1.76 bits per heavy atom. The Morgan fingerprint density at radius 1 is 0.963 bits per heavy atom. The largest absolute Gasteiger partial charge is 0.492 e. The lowest BCUT2D eigenvalue weighted by molar-refractivity contribution is -0.136. The fraction of sp³-hybridized carbons (Fsp3) is 0.421. The summed E-state index contributed by atoms with van der Waals surface area (Å²) in [5, 5.41) is 11.1. The Hall–Kier alpha value is -4.64. The fourth-order valence-electron chi connectivity index (χ4n) is 8.10. The minimum absolute atomic E-state index is 0.0836. The maximum atomic E-state index is 13.5. The molecule has 16 heteroatoms. The van der Waals surface area contributed by atoms with Crippen LogP contribution in [-0.2, 0) is 9.59 Å². The third kappa shape index (κ3) is 7.27. The average Bonchev–Trinajstić information content (AvgIpc) is 3.73. The molecule has 1 unspecified atom stereocenters. The molecule has 6 heterocycles. The minimum Gasteiger partial charge on any atom is -0.492 e. The summed E-state index contributed by atoms with van der Waals surface area (Å²) in [6, 6.07) is 12.8. The van der Waals surface area contributed by atoms with Gasteiger partial charge >= 0.3 is 0 Å². The number of rotatable bonds is 10. The van der Waals surface area contributed by atoms with Gasteiger partial charge in [-0.2, -0.15) is 0 Å². The van der Waals surface area contributed by atoms with Crippen molar-refractivity contribution in [3.8, 4) is 5.75 Å². The van der Waals surface area contributed by atoms with E-state index in [9.17, 15) is 24.0 Å². The number of nitrogens with zero attached hydrogens (tertiary/aromatic N) is 5. The van der Waals surface area contributed by atoms with Gasteiger partial charge in [-0.15, -0.1) is 11.3 Å². The molecule has 4 amide bonds.